The second kappa shape index (κ2) is 9.10. The first-order chi connectivity index (χ1) is 14.0. The lowest BCUT2D eigenvalue weighted by atomic mass is 10.1. The van der Waals surface area contributed by atoms with Crippen molar-refractivity contribution in [1.82, 2.24) is 0 Å². The van der Waals surface area contributed by atoms with Crippen LogP contribution in [0, 0.1) is 0 Å². The van der Waals surface area contributed by atoms with Crippen molar-refractivity contribution < 1.29 is 13.9 Å². The zero-order chi connectivity index (χ0) is 20.8. The summed E-state index contributed by atoms with van der Waals surface area (Å²) in [6.07, 6.45) is 5.19. The maximum atomic E-state index is 12.2. The molecule has 1 heterocycles. The van der Waals surface area contributed by atoms with Gasteiger partial charge in [0.2, 0.25) is 5.91 Å². The molecule has 0 radical (unpaired) electrons. The molecule has 6 nitrogen and oxygen atoms in total. The second-order valence-electron chi connectivity index (χ2n) is 6.57. The van der Waals surface area contributed by atoms with Crippen LogP contribution in [0.5, 0.6) is 5.75 Å². The normalized spacial score (nSPS) is 11.0. The summed E-state index contributed by atoms with van der Waals surface area (Å²) in [7, 11) is 3.41. The van der Waals surface area contributed by atoms with Crippen molar-refractivity contribution in [2.24, 2.45) is 0 Å². The Hall–Kier alpha value is -3.54. The van der Waals surface area contributed by atoms with Crippen LogP contribution in [-0.4, -0.2) is 20.1 Å². The van der Waals surface area contributed by atoms with Crippen LogP contribution >= 0.6 is 0 Å². The first-order valence-corrected chi connectivity index (χ1v) is 9.45. The molecule has 2 aromatic carbocycles. The molecule has 29 heavy (non-hydrogen) atoms. The molecule has 0 unspecified atom stereocenters. The van der Waals surface area contributed by atoms with E-state index in [-0.39, 0.29) is 5.91 Å². The number of benzene rings is 2. The van der Waals surface area contributed by atoms with Gasteiger partial charge in [0.15, 0.2) is 0 Å². The Balaban J connectivity index is 1.97. The topological polar surface area (TPSA) is 71.8 Å². The molecular formula is C23H24N2O4. The highest BCUT2D eigenvalue weighted by Gasteiger charge is 2.14. The van der Waals surface area contributed by atoms with Gasteiger partial charge in [0.05, 0.1) is 18.5 Å². The van der Waals surface area contributed by atoms with Crippen LogP contribution in [0.2, 0.25) is 0 Å². The average Bonchev–Trinajstić information content (AvgIpc) is 2.72. The number of nitrogens with zero attached hydrogens (tertiary/aromatic N) is 1. The number of hydrogen-bond donors (Lipinski definition) is 1. The first-order valence-electron chi connectivity index (χ1n) is 9.45. The van der Waals surface area contributed by atoms with Gasteiger partial charge in [-0.05, 0) is 42.8 Å². The van der Waals surface area contributed by atoms with Gasteiger partial charge < -0.3 is 19.4 Å². The molecule has 150 valence electrons. The van der Waals surface area contributed by atoms with Crippen LogP contribution in [0.15, 0.2) is 69.9 Å². The maximum Gasteiger partial charge on any atom is 0.338 e. The first kappa shape index (κ1) is 20.2. The molecule has 0 aliphatic rings. The number of methoxy groups -OCH3 is 1. The molecule has 1 amide bonds. The van der Waals surface area contributed by atoms with Gasteiger partial charge in [0.1, 0.15) is 11.3 Å². The lowest BCUT2D eigenvalue weighted by Crippen LogP contribution is -2.14. The van der Waals surface area contributed by atoms with Crippen LogP contribution in [0.25, 0.3) is 11.0 Å². The molecule has 3 rings (SSSR count). The minimum atomic E-state index is -0.423. The van der Waals surface area contributed by atoms with Gasteiger partial charge in [-0.25, -0.2) is 4.79 Å². The third kappa shape index (κ3) is 4.66. The molecule has 3 aromatic rings. The molecule has 0 fully saturated rings. The van der Waals surface area contributed by atoms with Gasteiger partial charge in [-0.3, -0.25) is 4.79 Å². The number of para-hydroxylation sites is 1. The van der Waals surface area contributed by atoms with E-state index in [9.17, 15) is 9.59 Å². The van der Waals surface area contributed by atoms with Crippen LogP contribution in [0.3, 0.4) is 0 Å². The summed E-state index contributed by atoms with van der Waals surface area (Å²) in [5.41, 5.74) is 2.14. The molecule has 0 saturated heterocycles. The zero-order valence-electron chi connectivity index (χ0n) is 16.8. The van der Waals surface area contributed by atoms with E-state index in [1.165, 1.54) is 12.1 Å². The molecule has 0 aliphatic heterocycles. The van der Waals surface area contributed by atoms with Crippen molar-refractivity contribution in [1.29, 1.82) is 0 Å². The number of amides is 1. The Morgan fingerprint density at radius 2 is 2.00 bits per heavy atom. The standard InChI is InChI=1S/C23H24N2O4/c1-4-5-6-11-22(26)24-18-14-16(12-13-21(18)28-3)25(2)19-15-23(27)29-20-10-8-7-9-17(19)20/h6-15H,4-5H2,1-3H3,(H,24,26). The fourth-order valence-electron chi connectivity index (χ4n) is 3.04. The SMILES string of the molecule is CCCC=CC(=O)Nc1cc(N(C)c2cc(=O)oc3ccccc23)ccc1OC. The molecule has 1 aromatic heterocycles. The van der Waals surface area contributed by atoms with E-state index in [2.05, 4.69) is 12.2 Å². The summed E-state index contributed by atoms with van der Waals surface area (Å²) >= 11 is 0. The number of nitrogens with one attached hydrogen (secondary N) is 1. The molecule has 1 N–H and O–H groups in total. The quantitative estimate of drug-likeness (QED) is 0.459. The number of hydrogen-bond acceptors (Lipinski definition) is 5. The third-order valence-corrected chi connectivity index (χ3v) is 4.54. The fraction of sp³-hybridized carbons (Fsp3) is 0.217. The van der Waals surface area contributed by atoms with Crippen molar-refractivity contribution in [2.45, 2.75) is 19.8 Å². The smallest absolute Gasteiger partial charge is 0.338 e. The van der Waals surface area contributed by atoms with E-state index in [1.807, 2.05) is 48.4 Å². The lowest BCUT2D eigenvalue weighted by Gasteiger charge is -2.22. The Morgan fingerprint density at radius 1 is 1.21 bits per heavy atom. The Kier molecular flexibility index (Phi) is 6.34. The number of anilines is 3. The minimum absolute atomic E-state index is 0.220. The van der Waals surface area contributed by atoms with Crippen molar-refractivity contribution in [3.63, 3.8) is 0 Å². The molecule has 0 bridgehead atoms. The Bertz CT molecular complexity index is 1100. The van der Waals surface area contributed by atoms with Crippen molar-refractivity contribution >= 4 is 33.9 Å². The van der Waals surface area contributed by atoms with Gasteiger partial charge in [-0.1, -0.05) is 31.6 Å². The third-order valence-electron chi connectivity index (χ3n) is 4.54. The van der Waals surface area contributed by atoms with Crippen molar-refractivity contribution in [2.75, 3.05) is 24.4 Å². The summed E-state index contributed by atoms with van der Waals surface area (Å²) in [6, 6.07) is 14.3. The molecule has 0 saturated carbocycles. The molecule has 6 heteroatoms. The molecule has 0 atom stereocenters. The van der Waals surface area contributed by atoms with Gasteiger partial charge in [-0.2, -0.15) is 0 Å². The van der Waals surface area contributed by atoms with Crippen molar-refractivity contribution in [3.8, 4) is 5.75 Å². The van der Waals surface area contributed by atoms with Gasteiger partial charge >= 0.3 is 5.63 Å². The molecule has 0 aliphatic carbocycles. The predicted molar refractivity (Wildman–Crippen MR) is 116 cm³/mol. The largest absolute Gasteiger partial charge is 0.495 e. The Labute approximate surface area is 169 Å². The van der Waals surface area contributed by atoms with E-state index in [1.54, 1.807) is 19.2 Å². The van der Waals surface area contributed by atoms with E-state index in [0.717, 1.165) is 23.9 Å². The van der Waals surface area contributed by atoms with Crippen LogP contribution in [-0.2, 0) is 4.79 Å². The monoisotopic (exact) mass is 392 g/mol. The summed E-state index contributed by atoms with van der Waals surface area (Å²) in [5.74, 6) is 0.333. The number of carbonyl (C=O) groups is 1. The van der Waals surface area contributed by atoms with Gasteiger partial charge in [0, 0.05) is 24.2 Å². The van der Waals surface area contributed by atoms with Crippen LogP contribution < -0.4 is 20.6 Å². The average molecular weight is 392 g/mol. The summed E-state index contributed by atoms with van der Waals surface area (Å²) in [4.78, 5) is 26.1. The summed E-state index contributed by atoms with van der Waals surface area (Å²) in [5, 5.41) is 3.68. The second-order valence-corrected chi connectivity index (χ2v) is 6.57. The van der Waals surface area contributed by atoms with E-state index >= 15 is 0 Å². The number of unbranched alkanes of at least 4 members (excludes halogenated alkanes) is 1. The fourth-order valence-corrected chi connectivity index (χ4v) is 3.04. The lowest BCUT2D eigenvalue weighted by molar-refractivity contribution is -0.111. The summed E-state index contributed by atoms with van der Waals surface area (Å²) in [6.45, 7) is 2.05. The maximum absolute atomic E-state index is 12.2. The highest BCUT2D eigenvalue weighted by atomic mass is 16.5. The van der Waals surface area contributed by atoms with Gasteiger partial charge in [0.25, 0.3) is 0 Å². The number of carbonyl (C=O) groups excluding carboxylic acids is 1. The number of rotatable bonds is 7. The minimum Gasteiger partial charge on any atom is -0.495 e. The van der Waals surface area contributed by atoms with Crippen molar-refractivity contribution in [3.05, 3.63) is 71.1 Å². The zero-order valence-corrected chi connectivity index (χ0v) is 16.8. The van der Waals surface area contributed by atoms with Gasteiger partial charge in [-0.15, -0.1) is 0 Å². The highest BCUT2D eigenvalue weighted by Crippen LogP contribution is 2.34. The van der Waals surface area contributed by atoms with E-state index in [0.29, 0.717) is 22.7 Å². The molecule has 0 spiro atoms. The highest BCUT2D eigenvalue weighted by molar-refractivity contribution is 6.01. The number of fused-ring (bicyclic) bond motifs is 1. The van der Waals surface area contributed by atoms with Crippen LogP contribution in [0.4, 0.5) is 17.1 Å². The van der Waals surface area contributed by atoms with E-state index in [4.69, 9.17) is 9.15 Å². The number of ether oxygens (including phenoxy) is 1. The predicted octanol–water partition coefficient (Wildman–Crippen LogP) is 4.86. The Morgan fingerprint density at radius 3 is 2.76 bits per heavy atom. The van der Waals surface area contributed by atoms with Crippen LogP contribution in [0.1, 0.15) is 19.8 Å². The van der Waals surface area contributed by atoms with E-state index < -0.39 is 5.63 Å². The number of allylic oxidation sites excluding steroid dienone is 1. The molecular weight excluding hydrogens is 368 g/mol. The summed E-state index contributed by atoms with van der Waals surface area (Å²) < 4.78 is 10.7.